The molecule has 9 heteroatoms. The highest BCUT2D eigenvalue weighted by molar-refractivity contribution is 7.99. The average Bonchev–Trinajstić information content (AvgIpc) is 3.42. The molecule has 0 N–H and O–H groups in total. The van der Waals surface area contributed by atoms with Crippen LogP contribution in [0.2, 0.25) is 0 Å². The van der Waals surface area contributed by atoms with Gasteiger partial charge in [-0.15, -0.1) is 10.2 Å². The first kappa shape index (κ1) is 24.7. The third-order valence-corrected chi connectivity index (χ3v) is 6.61. The first-order chi connectivity index (χ1) is 17.0. The number of pyridine rings is 1. The minimum atomic E-state index is 0.0482. The molecule has 0 aliphatic heterocycles. The van der Waals surface area contributed by atoms with Crippen molar-refractivity contribution in [1.29, 1.82) is 0 Å². The molecule has 4 aromatic rings. The second kappa shape index (κ2) is 11.3. The van der Waals surface area contributed by atoms with Gasteiger partial charge in [-0.1, -0.05) is 11.8 Å². The van der Waals surface area contributed by atoms with Gasteiger partial charge in [-0.25, -0.2) is 0 Å². The maximum atomic E-state index is 13.2. The number of methoxy groups -OCH3 is 1. The van der Waals surface area contributed by atoms with E-state index in [1.807, 2.05) is 67.8 Å². The van der Waals surface area contributed by atoms with E-state index in [0.717, 1.165) is 34.2 Å². The SMILES string of the molecule is CCOc1ccc(-n2c(C)cc(C(=O)CSc3nnc(-c4ccncc4)n3CCOC)c2C)cc1. The van der Waals surface area contributed by atoms with Crippen molar-refractivity contribution in [3.05, 3.63) is 71.8 Å². The Labute approximate surface area is 209 Å². The van der Waals surface area contributed by atoms with Crippen LogP contribution in [-0.2, 0) is 11.3 Å². The zero-order valence-electron chi connectivity index (χ0n) is 20.4. The molecule has 0 atom stereocenters. The number of ketones is 1. The van der Waals surface area contributed by atoms with E-state index in [1.165, 1.54) is 11.8 Å². The first-order valence-electron chi connectivity index (χ1n) is 11.4. The van der Waals surface area contributed by atoms with Crippen molar-refractivity contribution in [2.75, 3.05) is 26.1 Å². The van der Waals surface area contributed by atoms with E-state index in [1.54, 1.807) is 19.5 Å². The van der Waals surface area contributed by atoms with Crippen molar-refractivity contribution >= 4 is 17.5 Å². The van der Waals surface area contributed by atoms with Crippen LogP contribution in [0.15, 0.2) is 60.0 Å². The van der Waals surface area contributed by atoms with Crippen LogP contribution in [0.25, 0.3) is 17.1 Å². The van der Waals surface area contributed by atoms with Crippen LogP contribution in [0.1, 0.15) is 28.7 Å². The Morgan fingerprint density at radius 3 is 2.49 bits per heavy atom. The highest BCUT2D eigenvalue weighted by Crippen LogP contribution is 2.27. The summed E-state index contributed by atoms with van der Waals surface area (Å²) >= 11 is 1.39. The summed E-state index contributed by atoms with van der Waals surface area (Å²) in [7, 11) is 1.66. The molecule has 0 radical (unpaired) electrons. The zero-order chi connectivity index (χ0) is 24.8. The van der Waals surface area contributed by atoms with Gasteiger partial charge in [-0.05, 0) is 63.2 Å². The van der Waals surface area contributed by atoms with Crippen LogP contribution >= 0.6 is 11.8 Å². The van der Waals surface area contributed by atoms with Crippen LogP contribution < -0.4 is 4.74 Å². The molecule has 3 aromatic heterocycles. The zero-order valence-corrected chi connectivity index (χ0v) is 21.2. The molecule has 1 aromatic carbocycles. The van der Waals surface area contributed by atoms with Gasteiger partial charge < -0.3 is 14.0 Å². The van der Waals surface area contributed by atoms with Gasteiger partial charge in [0.05, 0.1) is 25.5 Å². The molecule has 8 nitrogen and oxygen atoms in total. The van der Waals surface area contributed by atoms with Gasteiger partial charge in [-0.2, -0.15) is 0 Å². The molecule has 4 rings (SSSR count). The Morgan fingerprint density at radius 2 is 1.80 bits per heavy atom. The number of aromatic nitrogens is 5. The molecule has 3 heterocycles. The van der Waals surface area contributed by atoms with Crippen LogP contribution in [0.3, 0.4) is 0 Å². The molecule has 0 amide bonds. The lowest BCUT2D eigenvalue weighted by Gasteiger charge is -2.11. The molecule has 0 fully saturated rings. The summed E-state index contributed by atoms with van der Waals surface area (Å²) in [6.07, 6.45) is 3.45. The number of carbonyl (C=O) groups is 1. The summed E-state index contributed by atoms with van der Waals surface area (Å²) in [5, 5.41) is 9.41. The van der Waals surface area contributed by atoms with Crippen LogP contribution in [0.5, 0.6) is 5.75 Å². The van der Waals surface area contributed by atoms with E-state index in [2.05, 4.69) is 19.7 Å². The fourth-order valence-electron chi connectivity index (χ4n) is 4.00. The number of benzene rings is 1. The largest absolute Gasteiger partial charge is 0.494 e. The highest BCUT2D eigenvalue weighted by Gasteiger charge is 2.20. The molecule has 35 heavy (non-hydrogen) atoms. The maximum Gasteiger partial charge on any atom is 0.192 e. The molecular formula is C26H29N5O3S. The lowest BCUT2D eigenvalue weighted by atomic mass is 10.2. The Balaban J connectivity index is 1.53. The highest BCUT2D eigenvalue weighted by atomic mass is 32.2. The number of hydrogen-bond acceptors (Lipinski definition) is 7. The number of ether oxygens (including phenoxy) is 2. The molecule has 0 saturated carbocycles. The van der Waals surface area contributed by atoms with Gasteiger partial charge in [0, 0.05) is 47.7 Å². The van der Waals surface area contributed by atoms with Crippen molar-refractivity contribution in [3.63, 3.8) is 0 Å². The summed E-state index contributed by atoms with van der Waals surface area (Å²) in [6, 6.07) is 13.6. The summed E-state index contributed by atoms with van der Waals surface area (Å²) in [4.78, 5) is 17.3. The lowest BCUT2D eigenvalue weighted by molar-refractivity contribution is 0.102. The van der Waals surface area contributed by atoms with Crippen molar-refractivity contribution in [2.45, 2.75) is 32.5 Å². The number of carbonyl (C=O) groups excluding carboxylic acids is 1. The minimum Gasteiger partial charge on any atom is -0.494 e. The van der Waals surface area contributed by atoms with Crippen molar-refractivity contribution in [1.82, 2.24) is 24.3 Å². The fourth-order valence-corrected chi connectivity index (χ4v) is 4.85. The van der Waals surface area contributed by atoms with Gasteiger partial charge in [0.2, 0.25) is 0 Å². The Morgan fingerprint density at radius 1 is 1.06 bits per heavy atom. The molecule has 0 spiro atoms. The third kappa shape index (κ3) is 5.47. The monoisotopic (exact) mass is 491 g/mol. The quantitative estimate of drug-likeness (QED) is 0.221. The molecule has 0 aliphatic carbocycles. The number of rotatable bonds is 11. The Bertz CT molecular complexity index is 1280. The van der Waals surface area contributed by atoms with Gasteiger partial charge >= 0.3 is 0 Å². The van der Waals surface area contributed by atoms with Crippen molar-refractivity contribution < 1.29 is 14.3 Å². The summed E-state index contributed by atoms with van der Waals surface area (Å²) in [5.41, 5.74) is 4.54. The summed E-state index contributed by atoms with van der Waals surface area (Å²) in [6.45, 7) is 7.68. The molecule has 182 valence electrons. The first-order valence-corrected chi connectivity index (χ1v) is 12.4. The Hall–Kier alpha value is -3.43. The topological polar surface area (TPSA) is 84.1 Å². The van der Waals surface area contributed by atoms with Gasteiger partial charge in [-0.3, -0.25) is 14.3 Å². The number of nitrogens with zero attached hydrogens (tertiary/aromatic N) is 5. The normalized spacial score (nSPS) is 11.1. The molecular weight excluding hydrogens is 462 g/mol. The number of hydrogen-bond donors (Lipinski definition) is 0. The number of thioether (sulfide) groups is 1. The molecule has 0 aliphatic rings. The van der Waals surface area contributed by atoms with Crippen molar-refractivity contribution in [2.24, 2.45) is 0 Å². The fraction of sp³-hybridized carbons (Fsp3) is 0.308. The van der Waals surface area contributed by atoms with Crippen molar-refractivity contribution in [3.8, 4) is 22.8 Å². The lowest BCUT2D eigenvalue weighted by Crippen LogP contribution is -2.10. The molecule has 0 saturated heterocycles. The third-order valence-electron chi connectivity index (χ3n) is 5.64. The summed E-state index contributed by atoms with van der Waals surface area (Å²) in [5.74, 6) is 1.87. The molecule has 0 unspecified atom stereocenters. The second-order valence-corrected chi connectivity index (χ2v) is 8.89. The van der Waals surface area contributed by atoms with E-state index in [0.29, 0.717) is 30.5 Å². The molecule has 0 bridgehead atoms. The van der Waals surface area contributed by atoms with E-state index in [9.17, 15) is 4.79 Å². The van der Waals surface area contributed by atoms with Crippen LogP contribution in [0.4, 0.5) is 0 Å². The predicted octanol–water partition coefficient (Wildman–Crippen LogP) is 4.77. The standard InChI is InChI=1S/C26H29N5O3S/c1-5-34-22-8-6-21(7-9-22)31-18(2)16-23(19(31)3)24(32)17-35-26-29-28-25(30(26)14-15-33-4)20-10-12-27-13-11-20/h6-13,16H,5,14-15,17H2,1-4H3. The van der Waals surface area contributed by atoms with E-state index < -0.39 is 0 Å². The number of Topliss-reactive ketones (excluding diaryl/α,β-unsaturated/α-hetero) is 1. The number of aryl methyl sites for hydroxylation is 1. The average molecular weight is 492 g/mol. The predicted molar refractivity (Wildman–Crippen MR) is 137 cm³/mol. The van der Waals surface area contributed by atoms with Gasteiger partial charge in [0.15, 0.2) is 16.8 Å². The minimum absolute atomic E-state index is 0.0482. The van der Waals surface area contributed by atoms with E-state index >= 15 is 0 Å². The van der Waals surface area contributed by atoms with E-state index in [4.69, 9.17) is 9.47 Å². The van der Waals surface area contributed by atoms with E-state index in [-0.39, 0.29) is 11.5 Å². The maximum absolute atomic E-state index is 13.2. The second-order valence-electron chi connectivity index (χ2n) is 7.95. The smallest absolute Gasteiger partial charge is 0.192 e. The van der Waals surface area contributed by atoms with Gasteiger partial charge in [0.25, 0.3) is 0 Å². The summed E-state index contributed by atoms with van der Waals surface area (Å²) < 4.78 is 14.9. The van der Waals surface area contributed by atoms with Crippen LogP contribution in [0, 0.1) is 13.8 Å². The Kier molecular flexibility index (Phi) is 7.99. The van der Waals surface area contributed by atoms with Gasteiger partial charge in [0.1, 0.15) is 5.75 Å². The van der Waals surface area contributed by atoms with Crippen LogP contribution in [-0.4, -0.2) is 56.2 Å².